The summed E-state index contributed by atoms with van der Waals surface area (Å²) in [5.41, 5.74) is 2.73. The van der Waals surface area contributed by atoms with Crippen molar-refractivity contribution in [3.8, 4) is 11.3 Å². The molecule has 0 atom stereocenters. The Morgan fingerprint density at radius 1 is 1.27 bits per heavy atom. The van der Waals surface area contributed by atoms with Gasteiger partial charge in [-0.2, -0.15) is 5.10 Å². The lowest BCUT2D eigenvalue weighted by Gasteiger charge is -2.24. The van der Waals surface area contributed by atoms with E-state index >= 15 is 0 Å². The van der Waals surface area contributed by atoms with Crippen molar-refractivity contribution in [1.29, 1.82) is 0 Å². The molecule has 0 fully saturated rings. The number of aromatic amines is 1. The van der Waals surface area contributed by atoms with Crippen molar-refractivity contribution in [3.05, 3.63) is 31.0 Å². The van der Waals surface area contributed by atoms with E-state index in [0.29, 0.717) is 6.73 Å². The van der Waals surface area contributed by atoms with Gasteiger partial charge in [-0.05, 0) is 24.8 Å². The Morgan fingerprint density at radius 2 is 2.14 bits per heavy atom. The Kier molecular flexibility index (Phi) is 4.17. The maximum absolute atomic E-state index is 5.80. The molecule has 0 saturated heterocycles. The molecule has 6 nitrogen and oxygen atoms in total. The first kappa shape index (κ1) is 15.1. The predicted octanol–water partition coefficient (Wildman–Crippen LogP) is 2.49. The topological polar surface area (TPSA) is 68.6 Å². The molecule has 0 aliphatic carbocycles. The number of aromatic nitrogens is 5. The van der Waals surface area contributed by atoms with Crippen molar-refractivity contribution in [2.24, 2.45) is 0 Å². The lowest BCUT2D eigenvalue weighted by molar-refractivity contribution is 0.0923. The van der Waals surface area contributed by atoms with Gasteiger partial charge < -0.3 is 9.30 Å². The molecule has 118 valence electrons. The SMILES string of the molecule is CS(C)(C)CCOCn1ccc2c(-c3cn[nH]c3)ncnc21. The van der Waals surface area contributed by atoms with Crippen LogP contribution in [0.1, 0.15) is 0 Å². The van der Waals surface area contributed by atoms with E-state index in [2.05, 4.69) is 38.9 Å². The normalized spacial score (nSPS) is 12.9. The fraction of sp³-hybridized carbons (Fsp3) is 0.400. The Morgan fingerprint density at radius 3 is 2.86 bits per heavy atom. The lowest BCUT2D eigenvalue weighted by Crippen LogP contribution is -2.09. The number of hydrogen-bond acceptors (Lipinski definition) is 4. The highest BCUT2D eigenvalue weighted by Crippen LogP contribution is 2.33. The minimum atomic E-state index is -0.514. The Hall–Kier alpha value is -1.86. The van der Waals surface area contributed by atoms with E-state index in [4.69, 9.17) is 4.74 Å². The first-order valence-electron chi connectivity index (χ1n) is 7.07. The molecule has 0 spiro atoms. The lowest BCUT2D eigenvalue weighted by atomic mass is 10.2. The van der Waals surface area contributed by atoms with Gasteiger partial charge in [-0.15, -0.1) is 0 Å². The van der Waals surface area contributed by atoms with E-state index < -0.39 is 10.0 Å². The Bertz CT molecular complexity index is 745. The van der Waals surface area contributed by atoms with Gasteiger partial charge in [0.1, 0.15) is 18.7 Å². The monoisotopic (exact) mass is 319 g/mol. The molecule has 0 bridgehead atoms. The number of H-pyrrole nitrogens is 1. The van der Waals surface area contributed by atoms with E-state index in [1.54, 1.807) is 12.5 Å². The standard InChI is InChI=1S/C15H21N5OS/c1-22(2,3)7-6-21-11-20-5-4-13-14(12-8-18-19-9-12)16-10-17-15(13)20/h4-5,8-10H,6-7,11H2,1-3H3,(H,18,19). The number of nitrogens with zero attached hydrogens (tertiary/aromatic N) is 4. The van der Waals surface area contributed by atoms with Gasteiger partial charge in [-0.25, -0.2) is 20.0 Å². The van der Waals surface area contributed by atoms with Crippen LogP contribution in [0.25, 0.3) is 22.3 Å². The molecule has 22 heavy (non-hydrogen) atoms. The summed E-state index contributed by atoms with van der Waals surface area (Å²) in [6.07, 6.45) is 14.1. The molecule has 0 unspecified atom stereocenters. The summed E-state index contributed by atoms with van der Waals surface area (Å²) >= 11 is 0. The number of ether oxygens (including phenoxy) is 1. The first-order valence-corrected chi connectivity index (χ1v) is 10.1. The molecular weight excluding hydrogens is 298 g/mol. The Balaban J connectivity index is 1.77. The van der Waals surface area contributed by atoms with Gasteiger partial charge in [0.2, 0.25) is 0 Å². The van der Waals surface area contributed by atoms with Crippen molar-refractivity contribution < 1.29 is 4.74 Å². The molecule has 0 amide bonds. The molecule has 3 rings (SSSR count). The average Bonchev–Trinajstić information content (AvgIpc) is 3.12. The fourth-order valence-electron chi connectivity index (χ4n) is 2.19. The number of hydrogen-bond donors (Lipinski definition) is 1. The van der Waals surface area contributed by atoms with Gasteiger partial charge in [-0.1, -0.05) is 0 Å². The van der Waals surface area contributed by atoms with Crippen LogP contribution < -0.4 is 0 Å². The zero-order chi connectivity index (χ0) is 15.6. The fourth-order valence-corrected chi connectivity index (χ4v) is 2.81. The van der Waals surface area contributed by atoms with Crippen molar-refractivity contribution in [1.82, 2.24) is 24.7 Å². The van der Waals surface area contributed by atoms with Gasteiger partial charge >= 0.3 is 0 Å². The molecule has 3 heterocycles. The molecule has 0 aromatic carbocycles. The van der Waals surface area contributed by atoms with Gasteiger partial charge in [0.05, 0.1) is 18.5 Å². The highest BCUT2D eigenvalue weighted by Gasteiger charge is 2.11. The van der Waals surface area contributed by atoms with Crippen molar-refractivity contribution >= 4 is 21.1 Å². The second-order valence-corrected chi connectivity index (χ2v) is 10.7. The van der Waals surface area contributed by atoms with Gasteiger partial charge in [0.15, 0.2) is 0 Å². The van der Waals surface area contributed by atoms with Crippen LogP contribution in [-0.2, 0) is 11.5 Å². The summed E-state index contributed by atoms with van der Waals surface area (Å²) in [4.78, 5) is 8.76. The minimum absolute atomic E-state index is 0.514. The number of nitrogens with one attached hydrogen (secondary N) is 1. The van der Waals surface area contributed by atoms with Crippen LogP contribution in [-0.4, -0.2) is 55.9 Å². The third kappa shape index (κ3) is 3.31. The van der Waals surface area contributed by atoms with Crippen molar-refractivity contribution in [2.75, 3.05) is 31.1 Å². The van der Waals surface area contributed by atoms with Crippen LogP contribution in [0.4, 0.5) is 0 Å². The number of fused-ring (bicyclic) bond motifs is 1. The zero-order valence-electron chi connectivity index (χ0n) is 13.1. The molecule has 1 N–H and O–H groups in total. The molecule has 0 saturated carbocycles. The van der Waals surface area contributed by atoms with Gasteiger partial charge in [0.25, 0.3) is 0 Å². The van der Waals surface area contributed by atoms with E-state index in [1.807, 2.05) is 23.0 Å². The third-order valence-electron chi connectivity index (χ3n) is 3.40. The summed E-state index contributed by atoms with van der Waals surface area (Å²) < 4.78 is 7.81. The van der Waals surface area contributed by atoms with Crippen LogP contribution >= 0.6 is 10.0 Å². The second kappa shape index (κ2) is 6.10. The highest BCUT2D eigenvalue weighted by atomic mass is 32.3. The van der Waals surface area contributed by atoms with Crippen LogP contribution in [0.5, 0.6) is 0 Å². The molecule has 0 aliphatic heterocycles. The van der Waals surface area contributed by atoms with Crippen molar-refractivity contribution in [3.63, 3.8) is 0 Å². The molecule has 3 aromatic heterocycles. The zero-order valence-corrected chi connectivity index (χ0v) is 13.9. The molecular formula is C15H21N5OS. The third-order valence-corrected chi connectivity index (χ3v) is 4.79. The van der Waals surface area contributed by atoms with Gasteiger partial charge in [-0.3, -0.25) is 5.10 Å². The van der Waals surface area contributed by atoms with E-state index in [9.17, 15) is 0 Å². The summed E-state index contributed by atoms with van der Waals surface area (Å²) in [7, 11) is -0.514. The molecule has 0 radical (unpaired) electrons. The van der Waals surface area contributed by atoms with Gasteiger partial charge in [0, 0.05) is 29.1 Å². The predicted molar refractivity (Wildman–Crippen MR) is 91.3 cm³/mol. The number of rotatable bonds is 6. The second-order valence-electron chi connectivity index (χ2n) is 6.06. The summed E-state index contributed by atoms with van der Waals surface area (Å²) in [5.74, 6) is 1.11. The summed E-state index contributed by atoms with van der Waals surface area (Å²) in [6.45, 7) is 1.29. The van der Waals surface area contributed by atoms with E-state index in [1.165, 1.54) is 0 Å². The maximum atomic E-state index is 5.80. The van der Waals surface area contributed by atoms with Crippen LogP contribution in [0, 0.1) is 0 Å². The van der Waals surface area contributed by atoms with Crippen LogP contribution in [0.2, 0.25) is 0 Å². The molecule has 7 heteroatoms. The van der Waals surface area contributed by atoms with Crippen LogP contribution in [0.15, 0.2) is 31.0 Å². The molecule has 3 aromatic rings. The van der Waals surface area contributed by atoms with Crippen LogP contribution in [0.3, 0.4) is 0 Å². The quantitative estimate of drug-likeness (QED) is 0.709. The maximum Gasteiger partial charge on any atom is 0.145 e. The Labute approximate surface area is 131 Å². The van der Waals surface area contributed by atoms with E-state index in [0.717, 1.165) is 34.7 Å². The minimum Gasteiger partial charge on any atom is -0.360 e. The summed E-state index contributed by atoms with van der Waals surface area (Å²) in [5, 5.41) is 7.81. The first-order chi connectivity index (χ1) is 10.5. The molecule has 0 aliphatic rings. The van der Waals surface area contributed by atoms with Crippen molar-refractivity contribution in [2.45, 2.75) is 6.73 Å². The largest absolute Gasteiger partial charge is 0.360 e. The smallest absolute Gasteiger partial charge is 0.145 e. The summed E-state index contributed by atoms with van der Waals surface area (Å²) in [6, 6.07) is 2.02. The average molecular weight is 319 g/mol. The van der Waals surface area contributed by atoms with E-state index in [-0.39, 0.29) is 0 Å². The highest BCUT2D eigenvalue weighted by molar-refractivity contribution is 8.32.